The van der Waals surface area contributed by atoms with Crippen LogP contribution in [0.3, 0.4) is 0 Å². The molecule has 3 rings (SSSR count). The van der Waals surface area contributed by atoms with Crippen LogP contribution in [0, 0.1) is 0 Å². The van der Waals surface area contributed by atoms with Crippen molar-refractivity contribution in [2.24, 2.45) is 7.05 Å². The molecule has 1 aromatic heterocycles. The molecular weight excluding hydrogens is 324 g/mol. The molecule has 1 N–H and O–H groups in total. The van der Waals surface area contributed by atoms with E-state index >= 15 is 0 Å². The highest BCUT2D eigenvalue weighted by Gasteiger charge is 2.05. The van der Waals surface area contributed by atoms with E-state index in [0.29, 0.717) is 5.69 Å². The zero-order valence-corrected chi connectivity index (χ0v) is 14.1. The SMILES string of the molecule is COc1ccc(/C=C/C(=O)Nc2ccc3c(c2)sc(=O)n3C)cc1. The molecule has 0 atom stereocenters. The average Bonchev–Trinajstić information content (AvgIpc) is 2.87. The van der Waals surface area contributed by atoms with Crippen molar-refractivity contribution < 1.29 is 9.53 Å². The second-order valence-corrected chi connectivity index (χ2v) is 6.20. The normalized spacial score (nSPS) is 11.1. The zero-order valence-electron chi connectivity index (χ0n) is 13.3. The van der Waals surface area contributed by atoms with E-state index < -0.39 is 0 Å². The Balaban J connectivity index is 1.71. The van der Waals surface area contributed by atoms with Gasteiger partial charge in [0.2, 0.25) is 5.91 Å². The third-order valence-corrected chi connectivity index (χ3v) is 4.60. The number of ether oxygens (including phenoxy) is 1. The minimum absolute atomic E-state index is 0.0205. The second kappa shape index (κ2) is 6.72. The molecule has 0 spiro atoms. The minimum atomic E-state index is -0.228. The lowest BCUT2D eigenvalue weighted by atomic mass is 10.2. The van der Waals surface area contributed by atoms with Gasteiger partial charge in [-0.2, -0.15) is 0 Å². The molecule has 24 heavy (non-hydrogen) atoms. The maximum Gasteiger partial charge on any atom is 0.307 e. The number of nitrogens with one attached hydrogen (secondary N) is 1. The van der Waals surface area contributed by atoms with Gasteiger partial charge in [-0.25, -0.2) is 0 Å². The summed E-state index contributed by atoms with van der Waals surface area (Å²) < 4.78 is 7.53. The van der Waals surface area contributed by atoms with Crippen LogP contribution in [-0.2, 0) is 11.8 Å². The van der Waals surface area contributed by atoms with Gasteiger partial charge in [-0.15, -0.1) is 0 Å². The molecule has 0 unspecified atom stereocenters. The van der Waals surface area contributed by atoms with Gasteiger partial charge in [-0.1, -0.05) is 23.5 Å². The fourth-order valence-corrected chi connectivity index (χ4v) is 3.20. The molecule has 0 saturated carbocycles. The first kappa shape index (κ1) is 16.0. The number of fused-ring (bicyclic) bond motifs is 1. The Morgan fingerprint density at radius 3 is 2.67 bits per heavy atom. The van der Waals surface area contributed by atoms with Crippen LogP contribution >= 0.6 is 11.3 Å². The number of hydrogen-bond acceptors (Lipinski definition) is 4. The third-order valence-electron chi connectivity index (χ3n) is 3.60. The number of carbonyl (C=O) groups is 1. The van der Waals surface area contributed by atoms with Crippen molar-refractivity contribution in [3.05, 3.63) is 63.8 Å². The highest BCUT2D eigenvalue weighted by atomic mass is 32.1. The summed E-state index contributed by atoms with van der Waals surface area (Å²) in [5.74, 6) is 0.542. The lowest BCUT2D eigenvalue weighted by molar-refractivity contribution is -0.111. The Hall–Kier alpha value is -2.86. The van der Waals surface area contributed by atoms with E-state index in [1.807, 2.05) is 30.3 Å². The van der Waals surface area contributed by atoms with Crippen LogP contribution in [0.1, 0.15) is 5.56 Å². The molecule has 6 heteroatoms. The van der Waals surface area contributed by atoms with E-state index in [1.54, 1.807) is 36.9 Å². The average molecular weight is 340 g/mol. The van der Waals surface area contributed by atoms with Gasteiger partial charge >= 0.3 is 4.87 Å². The first-order valence-corrected chi connectivity index (χ1v) is 8.11. The van der Waals surface area contributed by atoms with Crippen molar-refractivity contribution in [2.45, 2.75) is 0 Å². The number of aromatic nitrogens is 1. The number of amides is 1. The predicted octanol–water partition coefficient (Wildman–Crippen LogP) is 3.26. The van der Waals surface area contributed by atoms with Crippen LogP contribution in [0.25, 0.3) is 16.3 Å². The van der Waals surface area contributed by atoms with Gasteiger partial charge in [0.1, 0.15) is 5.75 Å². The first-order valence-electron chi connectivity index (χ1n) is 7.29. The predicted molar refractivity (Wildman–Crippen MR) is 97.7 cm³/mol. The summed E-state index contributed by atoms with van der Waals surface area (Å²) in [5.41, 5.74) is 2.42. The molecule has 0 aliphatic rings. The number of aryl methyl sites for hydroxylation is 1. The largest absolute Gasteiger partial charge is 0.497 e. The van der Waals surface area contributed by atoms with Crippen LogP contribution in [0.2, 0.25) is 0 Å². The van der Waals surface area contributed by atoms with Crippen molar-refractivity contribution in [3.8, 4) is 5.75 Å². The van der Waals surface area contributed by atoms with Gasteiger partial charge in [-0.3, -0.25) is 9.59 Å². The second-order valence-electron chi connectivity index (χ2n) is 5.21. The minimum Gasteiger partial charge on any atom is -0.497 e. The van der Waals surface area contributed by atoms with Crippen LogP contribution < -0.4 is 14.9 Å². The summed E-state index contributed by atoms with van der Waals surface area (Å²) in [4.78, 5) is 23.7. The number of anilines is 1. The van der Waals surface area contributed by atoms with Crippen molar-refractivity contribution in [2.75, 3.05) is 12.4 Å². The maximum absolute atomic E-state index is 12.0. The lowest BCUT2D eigenvalue weighted by Crippen LogP contribution is -2.08. The number of benzene rings is 2. The summed E-state index contributed by atoms with van der Waals surface area (Å²) in [6.07, 6.45) is 3.20. The van der Waals surface area contributed by atoms with Crippen molar-refractivity contribution in [1.82, 2.24) is 4.57 Å². The van der Waals surface area contributed by atoms with E-state index in [1.165, 1.54) is 6.08 Å². The van der Waals surface area contributed by atoms with E-state index in [9.17, 15) is 9.59 Å². The number of thiazole rings is 1. The van der Waals surface area contributed by atoms with E-state index in [2.05, 4.69) is 5.32 Å². The first-order chi connectivity index (χ1) is 11.6. The molecule has 0 radical (unpaired) electrons. The molecule has 0 fully saturated rings. The number of methoxy groups -OCH3 is 1. The molecular formula is C18H16N2O3S. The van der Waals surface area contributed by atoms with Gasteiger partial charge in [-0.05, 0) is 42.0 Å². The molecule has 1 heterocycles. The maximum atomic E-state index is 12.0. The molecule has 122 valence electrons. The molecule has 0 aliphatic heterocycles. The Morgan fingerprint density at radius 2 is 1.96 bits per heavy atom. The molecule has 2 aromatic carbocycles. The van der Waals surface area contributed by atoms with Crippen LogP contribution in [0.15, 0.2) is 53.3 Å². The summed E-state index contributed by atoms with van der Waals surface area (Å²) in [6.45, 7) is 0. The quantitative estimate of drug-likeness (QED) is 0.742. The monoisotopic (exact) mass is 340 g/mol. The number of hydrogen-bond donors (Lipinski definition) is 1. The Morgan fingerprint density at radius 1 is 1.21 bits per heavy atom. The van der Waals surface area contributed by atoms with Gasteiger partial charge < -0.3 is 14.6 Å². The fraction of sp³-hybridized carbons (Fsp3) is 0.111. The van der Waals surface area contributed by atoms with E-state index in [4.69, 9.17) is 4.74 Å². The summed E-state index contributed by atoms with van der Waals surface area (Å²) in [7, 11) is 3.34. The fourth-order valence-electron chi connectivity index (χ4n) is 2.28. The van der Waals surface area contributed by atoms with Gasteiger partial charge in [0.25, 0.3) is 0 Å². The van der Waals surface area contributed by atoms with Gasteiger partial charge in [0.05, 0.1) is 17.3 Å². The Labute approximate surface area is 142 Å². The van der Waals surface area contributed by atoms with Crippen molar-refractivity contribution in [1.29, 1.82) is 0 Å². The smallest absolute Gasteiger partial charge is 0.307 e. The van der Waals surface area contributed by atoms with E-state index in [0.717, 1.165) is 32.9 Å². The number of nitrogens with zero attached hydrogens (tertiary/aromatic N) is 1. The third kappa shape index (κ3) is 3.38. The molecule has 0 bridgehead atoms. The highest BCUT2D eigenvalue weighted by Crippen LogP contribution is 2.21. The molecule has 5 nitrogen and oxygen atoms in total. The highest BCUT2D eigenvalue weighted by molar-refractivity contribution is 7.16. The van der Waals surface area contributed by atoms with Crippen molar-refractivity contribution in [3.63, 3.8) is 0 Å². The van der Waals surface area contributed by atoms with Crippen LogP contribution in [0.4, 0.5) is 5.69 Å². The van der Waals surface area contributed by atoms with E-state index in [-0.39, 0.29) is 10.8 Å². The van der Waals surface area contributed by atoms with Gasteiger partial charge in [0.15, 0.2) is 0 Å². The summed E-state index contributed by atoms with van der Waals surface area (Å²) in [6, 6.07) is 12.8. The Bertz CT molecular complexity index is 968. The number of carbonyl (C=O) groups excluding carboxylic acids is 1. The standard InChI is InChI=1S/C18H16N2O3S/c1-20-15-9-6-13(11-16(15)24-18(20)22)19-17(21)10-5-12-3-7-14(23-2)8-4-12/h3-11H,1-2H3,(H,19,21)/b10-5+. The molecule has 0 saturated heterocycles. The van der Waals surface area contributed by atoms with Crippen molar-refractivity contribution >= 4 is 39.2 Å². The lowest BCUT2D eigenvalue weighted by Gasteiger charge is -2.03. The molecule has 1 amide bonds. The Kier molecular flexibility index (Phi) is 4.48. The summed E-state index contributed by atoms with van der Waals surface area (Å²) >= 11 is 1.16. The van der Waals surface area contributed by atoms with Crippen LogP contribution in [0.5, 0.6) is 5.75 Å². The topological polar surface area (TPSA) is 60.3 Å². The summed E-state index contributed by atoms with van der Waals surface area (Å²) in [5, 5.41) is 2.80. The van der Waals surface area contributed by atoms with Gasteiger partial charge in [0, 0.05) is 18.8 Å². The zero-order chi connectivity index (χ0) is 17.1. The molecule has 0 aliphatic carbocycles. The molecule has 3 aromatic rings. The van der Waals surface area contributed by atoms with Crippen LogP contribution in [-0.4, -0.2) is 17.6 Å². The number of rotatable bonds is 4.